The van der Waals surface area contributed by atoms with Gasteiger partial charge in [0.2, 0.25) is 5.91 Å². The van der Waals surface area contributed by atoms with Crippen molar-refractivity contribution >= 4 is 5.91 Å². The summed E-state index contributed by atoms with van der Waals surface area (Å²) in [7, 11) is 0. The predicted molar refractivity (Wildman–Crippen MR) is 82.7 cm³/mol. The molecule has 21 heavy (non-hydrogen) atoms. The summed E-state index contributed by atoms with van der Waals surface area (Å²) in [6, 6.07) is 0.317. The van der Waals surface area contributed by atoms with Crippen molar-refractivity contribution in [1.29, 1.82) is 0 Å². The highest BCUT2D eigenvalue weighted by Gasteiger charge is 2.71. The van der Waals surface area contributed by atoms with E-state index in [1.165, 1.54) is 19.3 Å². The van der Waals surface area contributed by atoms with Gasteiger partial charge >= 0.3 is 0 Å². The number of carbonyl (C=O) groups is 1. The Morgan fingerprint density at radius 2 is 1.90 bits per heavy atom. The molecule has 1 heterocycles. The van der Waals surface area contributed by atoms with E-state index >= 15 is 0 Å². The maximum atomic E-state index is 12.8. The molecule has 3 fully saturated rings. The van der Waals surface area contributed by atoms with Gasteiger partial charge < -0.3 is 15.8 Å². The molecule has 4 nitrogen and oxygen atoms in total. The highest BCUT2D eigenvalue weighted by Crippen LogP contribution is 2.58. The molecular formula is C17H30N2O2. The molecule has 1 saturated heterocycles. The van der Waals surface area contributed by atoms with Gasteiger partial charge in [-0.25, -0.2) is 0 Å². The maximum absolute atomic E-state index is 12.8. The Kier molecular flexibility index (Phi) is 3.81. The van der Waals surface area contributed by atoms with Gasteiger partial charge in [0.05, 0.1) is 6.10 Å². The molecule has 120 valence electrons. The fourth-order valence-corrected chi connectivity index (χ4v) is 4.87. The van der Waals surface area contributed by atoms with Crippen LogP contribution in [-0.4, -0.2) is 30.2 Å². The zero-order chi connectivity index (χ0) is 15.3. The standard InChI is InChI=1S/C17H30N2O2/c1-4-11-5-7-12(8-6-11)19-15(20)17(18)13-9-10-21-14(13)16(17,2)3/h11-14H,4-10,18H2,1-3H3,(H,19,20). The summed E-state index contributed by atoms with van der Waals surface area (Å²) in [4.78, 5) is 12.8. The number of fused-ring (bicyclic) bond motifs is 1. The summed E-state index contributed by atoms with van der Waals surface area (Å²) in [5, 5.41) is 3.25. The highest BCUT2D eigenvalue weighted by atomic mass is 16.5. The molecule has 2 aliphatic carbocycles. The van der Waals surface area contributed by atoms with Gasteiger partial charge in [0.25, 0.3) is 0 Å². The molecular weight excluding hydrogens is 264 g/mol. The van der Waals surface area contributed by atoms with Gasteiger partial charge in [-0.3, -0.25) is 4.79 Å². The molecule has 0 bridgehead atoms. The molecule has 1 amide bonds. The average Bonchev–Trinajstić information content (AvgIpc) is 2.95. The summed E-state index contributed by atoms with van der Waals surface area (Å²) < 4.78 is 5.77. The lowest BCUT2D eigenvalue weighted by molar-refractivity contribution is -0.176. The largest absolute Gasteiger partial charge is 0.377 e. The Morgan fingerprint density at radius 3 is 2.52 bits per heavy atom. The third-order valence-electron chi connectivity index (χ3n) is 6.59. The van der Waals surface area contributed by atoms with Gasteiger partial charge in [-0.05, 0) is 38.0 Å². The Balaban J connectivity index is 1.63. The zero-order valence-electron chi connectivity index (χ0n) is 13.7. The van der Waals surface area contributed by atoms with Crippen LogP contribution in [0.5, 0.6) is 0 Å². The van der Waals surface area contributed by atoms with Crippen molar-refractivity contribution in [1.82, 2.24) is 5.32 Å². The van der Waals surface area contributed by atoms with Crippen LogP contribution in [0.15, 0.2) is 0 Å². The van der Waals surface area contributed by atoms with Crippen LogP contribution in [0.1, 0.15) is 59.3 Å². The molecule has 3 rings (SSSR count). The van der Waals surface area contributed by atoms with Crippen molar-refractivity contribution in [2.45, 2.75) is 77.0 Å². The van der Waals surface area contributed by atoms with Crippen LogP contribution >= 0.6 is 0 Å². The minimum Gasteiger partial charge on any atom is -0.377 e. The van der Waals surface area contributed by atoms with Crippen molar-refractivity contribution in [3.63, 3.8) is 0 Å². The summed E-state index contributed by atoms with van der Waals surface area (Å²) >= 11 is 0. The van der Waals surface area contributed by atoms with Crippen LogP contribution in [-0.2, 0) is 9.53 Å². The lowest BCUT2D eigenvalue weighted by atomic mass is 9.48. The first-order valence-corrected chi connectivity index (χ1v) is 8.62. The molecule has 0 aromatic heterocycles. The van der Waals surface area contributed by atoms with Crippen molar-refractivity contribution in [3.05, 3.63) is 0 Å². The maximum Gasteiger partial charge on any atom is 0.241 e. The molecule has 1 aliphatic heterocycles. The van der Waals surface area contributed by atoms with E-state index in [9.17, 15) is 4.79 Å². The Morgan fingerprint density at radius 1 is 1.24 bits per heavy atom. The molecule has 3 aliphatic rings. The number of nitrogens with one attached hydrogen (secondary N) is 1. The Hall–Kier alpha value is -0.610. The minimum absolute atomic E-state index is 0.0548. The topological polar surface area (TPSA) is 64.4 Å². The second-order valence-electron chi connectivity index (χ2n) is 7.88. The van der Waals surface area contributed by atoms with E-state index < -0.39 is 5.54 Å². The third-order valence-corrected chi connectivity index (χ3v) is 6.59. The number of hydrogen-bond acceptors (Lipinski definition) is 3. The number of ether oxygens (including phenoxy) is 1. The monoisotopic (exact) mass is 294 g/mol. The molecule has 3 atom stereocenters. The number of amides is 1. The van der Waals surface area contributed by atoms with Gasteiger partial charge in [-0.2, -0.15) is 0 Å². The van der Waals surface area contributed by atoms with Crippen LogP contribution in [0.25, 0.3) is 0 Å². The second kappa shape index (κ2) is 5.24. The van der Waals surface area contributed by atoms with E-state index in [1.807, 2.05) is 0 Å². The molecule has 0 spiro atoms. The van der Waals surface area contributed by atoms with E-state index in [0.717, 1.165) is 31.8 Å². The minimum atomic E-state index is -0.754. The Labute approximate surface area is 128 Å². The van der Waals surface area contributed by atoms with E-state index in [-0.39, 0.29) is 23.3 Å². The molecule has 3 N–H and O–H groups in total. The van der Waals surface area contributed by atoms with Crippen LogP contribution in [0, 0.1) is 17.3 Å². The first-order chi connectivity index (χ1) is 9.91. The van der Waals surface area contributed by atoms with Gasteiger partial charge in [-0.15, -0.1) is 0 Å². The van der Waals surface area contributed by atoms with Gasteiger partial charge in [0.15, 0.2) is 0 Å². The van der Waals surface area contributed by atoms with Crippen LogP contribution in [0.3, 0.4) is 0 Å². The fourth-order valence-electron chi connectivity index (χ4n) is 4.87. The highest BCUT2D eigenvalue weighted by molar-refractivity contribution is 5.89. The van der Waals surface area contributed by atoms with Crippen molar-refractivity contribution in [2.75, 3.05) is 6.61 Å². The molecule has 3 unspecified atom stereocenters. The van der Waals surface area contributed by atoms with Gasteiger partial charge in [0, 0.05) is 24.0 Å². The average molecular weight is 294 g/mol. The number of rotatable bonds is 3. The lowest BCUT2D eigenvalue weighted by Gasteiger charge is -2.61. The Bertz CT molecular complexity index is 415. The summed E-state index contributed by atoms with van der Waals surface area (Å²) in [5.74, 6) is 1.09. The normalized spacial score (nSPS) is 44.8. The molecule has 0 aromatic carbocycles. The fraction of sp³-hybridized carbons (Fsp3) is 0.941. The quantitative estimate of drug-likeness (QED) is 0.839. The molecule has 2 saturated carbocycles. The van der Waals surface area contributed by atoms with Gasteiger partial charge in [-0.1, -0.05) is 27.2 Å². The van der Waals surface area contributed by atoms with E-state index in [2.05, 4.69) is 26.1 Å². The van der Waals surface area contributed by atoms with Crippen LogP contribution < -0.4 is 11.1 Å². The number of hydrogen-bond donors (Lipinski definition) is 2. The first-order valence-electron chi connectivity index (χ1n) is 8.62. The summed E-state index contributed by atoms with van der Waals surface area (Å²) in [5.41, 5.74) is 5.57. The number of carbonyl (C=O) groups excluding carboxylic acids is 1. The van der Waals surface area contributed by atoms with Crippen LogP contribution in [0.2, 0.25) is 0 Å². The zero-order valence-corrected chi connectivity index (χ0v) is 13.7. The van der Waals surface area contributed by atoms with E-state index in [4.69, 9.17) is 10.5 Å². The third kappa shape index (κ3) is 2.14. The van der Waals surface area contributed by atoms with Crippen molar-refractivity contribution in [2.24, 2.45) is 23.0 Å². The number of nitrogens with two attached hydrogens (primary N) is 1. The SMILES string of the molecule is CCC1CCC(NC(=O)C2(N)C3CCOC3C2(C)C)CC1. The molecule has 4 heteroatoms. The smallest absolute Gasteiger partial charge is 0.241 e. The van der Waals surface area contributed by atoms with Crippen molar-refractivity contribution < 1.29 is 9.53 Å². The van der Waals surface area contributed by atoms with Crippen molar-refractivity contribution in [3.8, 4) is 0 Å². The summed E-state index contributed by atoms with van der Waals surface area (Å²) in [6.45, 7) is 7.16. The van der Waals surface area contributed by atoms with Crippen LogP contribution in [0.4, 0.5) is 0 Å². The van der Waals surface area contributed by atoms with Gasteiger partial charge in [0.1, 0.15) is 5.54 Å². The van der Waals surface area contributed by atoms with E-state index in [1.54, 1.807) is 0 Å². The second-order valence-corrected chi connectivity index (χ2v) is 7.88. The lowest BCUT2D eigenvalue weighted by Crippen LogP contribution is -2.80. The summed E-state index contributed by atoms with van der Waals surface area (Å²) in [6.07, 6.45) is 7.01. The predicted octanol–water partition coefficient (Wildman–Crippen LogP) is 2.21. The van der Waals surface area contributed by atoms with E-state index in [0.29, 0.717) is 6.04 Å². The molecule has 0 radical (unpaired) electrons. The first kappa shape index (κ1) is 15.3. The molecule has 0 aromatic rings.